The monoisotopic (exact) mass is 312 g/mol. The maximum atomic E-state index is 12.7. The predicted molar refractivity (Wildman–Crippen MR) is 75.2 cm³/mol. The van der Waals surface area contributed by atoms with Gasteiger partial charge in [0.15, 0.2) is 0 Å². The normalized spacial score (nSPS) is 19.4. The van der Waals surface area contributed by atoms with Gasteiger partial charge >= 0.3 is 6.18 Å². The quantitative estimate of drug-likeness (QED) is 0.715. The van der Waals surface area contributed by atoms with Crippen LogP contribution in [0.4, 0.5) is 13.2 Å². The van der Waals surface area contributed by atoms with Crippen molar-refractivity contribution in [1.29, 1.82) is 0 Å². The fourth-order valence-corrected chi connectivity index (χ4v) is 2.70. The van der Waals surface area contributed by atoms with Crippen LogP contribution in [0.1, 0.15) is 26.7 Å². The van der Waals surface area contributed by atoms with Crippen LogP contribution < -0.4 is 5.32 Å². The Morgan fingerprint density at radius 2 is 1.90 bits per heavy atom. The lowest BCUT2D eigenvalue weighted by Gasteiger charge is -2.41. The van der Waals surface area contributed by atoms with Gasteiger partial charge < -0.3 is 15.2 Å². The summed E-state index contributed by atoms with van der Waals surface area (Å²) in [6, 6.07) is 0.290. The van der Waals surface area contributed by atoms with E-state index in [9.17, 15) is 13.2 Å². The summed E-state index contributed by atoms with van der Waals surface area (Å²) in [6.07, 6.45) is -2.76. The molecule has 0 aromatic heterocycles. The highest BCUT2D eigenvalue weighted by molar-refractivity contribution is 4.88. The van der Waals surface area contributed by atoms with Gasteiger partial charge in [0, 0.05) is 38.9 Å². The number of nitrogens with zero attached hydrogens (tertiary/aromatic N) is 1. The molecule has 21 heavy (non-hydrogen) atoms. The standard InChI is InChI=1S/C14H27F3N2O2/c1-12(2)18-9-13(3-7-21-8-4-13)10-19(5-6-20)11-14(15,16)17/h12,18,20H,3-11H2,1-2H3. The second-order valence-corrected chi connectivity index (χ2v) is 6.20. The van der Waals surface area contributed by atoms with Crippen molar-refractivity contribution in [3.05, 3.63) is 0 Å². The van der Waals surface area contributed by atoms with Gasteiger partial charge in [0.2, 0.25) is 0 Å². The Bertz CT molecular complexity index is 292. The average Bonchev–Trinajstić information content (AvgIpc) is 2.36. The van der Waals surface area contributed by atoms with Gasteiger partial charge in [0.05, 0.1) is 13.2 Å². The molecule has 1 fully saturated rings. The van der Waals surface area contributed by atoms with Crippen LogP contribution in [0.15, 0.2) is 0 Å². The molecule has 0 aromatic rings. The van der Waals surface area contributed by atoms with Crippen molar-refractivity contribution in [2.24, 2.45) is 5.41 Å². The van der Waals surface area contributed by atoms with E-state index in [1.807, 2.05) is 13.8 Å². The van der Waals surface area contributed by atoms with Crippen LogP contribution in [0, 0.1) is 5.41 Å². The average molecular weight is 312 g/mol. The van der Waals surface area contributed by atoms with Crippen LogP contribution in [0.25, 0.3) is 0 Å². The molecule has 0 amide bonds. The number of halogens is 3. The minimum Gasteiger partial charge on any atom is -0.395 e. The fourth-order valence-electron chi connectivity index (χ4n) is 2.70. The summed E-state index contributed by atoms with van der Waals surface area (Å²) < 4.78 is 43.3. The van der Waals surface area contributed by atoms with Gasteiger partial charge in [-0.15, -0.1) is 0 Å². The van der Waals surface area contributed by atoms with Crippen molar-refractivity contribution >= 4 is 0 Å². The molecule has 1 saturated heterocycles. The van der Waals surface area contributed by atoms with Crippen LogP contribution >= 0.6 is 0 Å². The number of alkyl halides is 3. The number of ether oxygens (including phenoxy) is 1. The molecule has 1 heterocycles. The molecule has 1 aliphatic rings. The molecular formula is C14H27F3N2O2. The van der Waals surface area contributed by atoms with Crippen molar-refractivity contribution < 1.29 is 23.0 Å². The Morgan fingerprint density at radius 1 is 1.29 bits per heavy atom. The summed E-state index contributed by atoms with van der Waals surface area (Å²) in [7, 11) is 0. The molecule has 2 N–H and O–H groups in total. The SMILES string of the molecule is CC(C)NCC1(CN(CCO)CC(F)(F)F)CCOCC1. The van der Waals surface area contributed by atoms with Crippen molar-refractivity contribution in [3.63, 3.8) is 0 Å². The van der Waals surface area contributed by atoms with Gasteiger partial charge in [-0.3, -0.25) is 4.90 Å². The van der Waals surface area contributed by atoms with E-state index in [2.05, 4.69) is 5.32 Å². The Kier molecular flexibility index (Phi) is 7.39. The van der Waals surface area contributed by atoms with Crippen molar-refractivity contribution in [2.45, 2.75) is 38.9 Å². The molecule has 1 rings (SSSR count). The first-order valence-corrected chi connectivity index (χ1v) is 7.47. The lowest BCUT2D eigenvalue weighted by molar-refractivity contribution is -0.152. The molecule has 1 aliphatic heterocycles. The van der Waals surface area contributed by atoms with Gasteiger partial charge in [-0.1, -0.05) is 13.8 Å². The molecule has 0 radical (unpaired) electrons. The van der Waals surface area contributed by atoms with Crippen molar-refractivity contribution in [3.8, 4) is 0 Å². The van der Waals surface area contributed by atoms with Gasteiger partial charge in [-0.2, -0.15) is 13.2 Å². The van der Waals surface area contributed by atoms with Gasteiger partial charge in [0.1, 0.15) is 0 Å². The van der Waals surface area contributed by atoms with Crippen LogP contribution in [0.3, 0.4) is 0 Å². The number of aliphatic hydroxyl groups excluding tert-OH is 1. The summed E-state index contributed by atoms with van der Waals surface area (Å²) >= 11 is 0. The number of hydrogen-bond donors (Lipinski definition) is 2. The van der Waals surface area contributed by atoms with E-state index in [0.29, 0.717) is 32.3 Å². The maximum Gasteiger partial charge on any atom is 0.401 e. The molecule has 126 valence electrons. The van der Waals surface area contributed by atoms with Crippen LogP contribution in [0.2, 0.25) is 0 Å². The fraction of sp³-hybridized carbons (Fsp3) is 1.00. The number of rotatable bonds is 8. The number of nitrogens with one attached hydrogen (secondary N) is 1. The van der Waals surface area contributed by atoms with Crippen LogP contribution in [-0.2, 0) is 4.74 Å². The van der Waals surface area contributed by atoms with E-state index >= 15 is 0 Å². The minimum atomic E-state index is -4.24. The Hall–Kier alpha value is -0.370. The zero-order valence-corrected chi connectivity index (χ0v) is 12.9. The lowest BCUT2D eigenvalue weighted by Crippen LogP contribution is -2.50. The van der Waals surface area contributed by atoms with E-state index in [0.717, 1.165) is 12.8 Å². The first-order chi connectivity index (χ1) is 9.76. The van der Waals surface area contributed by atoms with Gasteiger partial charge in [-0.25, -0.2) is 0 Å². The van der Waals surface area contributed by atoms with E-state index in [1.54, 1.807) is 0 Å². The first-order valence-electron chi connectivity index (χ1n) is 7.47. The summed E-state index contributed by atoms with van der Waals surface area (Å²) in [6.45, 7) is 5.02. The maximum absolute atomic E-state index is 12.7. The Morgan fingerprint density at radius 3 is 2.38 bits per heavy atom. The predicted octanol–water partition coefficient (Wildman–Crippen LogP) is 1.64. The topological polar surface area (TPSA) is 44.7 Å². The zero-order valence-electron chi connectivity index (χ0n) is 12.9. The summed E-state index contributed by atoms with van der Waals surface area (Å²) in [5.74, 6) is 0. The molecular weight excluding hydrogens is 285 g/mol. The molecule has 0 saturated carbocycles. The molecule has 7 heteroatoms. The van der Waals surface area contributed by atoms with Crippen molar-refractivity contribution in [2.75, 3.05) is 46.0 Å². The molecule has 0 aromatic carbocycles. The molecule has 0 atom stereocenters. The highest BCUT2D eigenvalue weighted by atomic mass is 19.4. The smallest absolute Gasteiger partial charge is 0.395 e. The van der Waals surface area contributed by atoms with E-state index in [4.69, 9.17) is 9.84 Å². The Balaban J connectivity index is 2.71. The van der Waals surface area contributed by atoms with E-state index in [-0.39, 0.29) is 18.6 Å². The molecule has 0 unspecified atom stereocenters. The number of aliphatic hydroxyl groups is 1. The third-order valence-electron chi connectivity index (χ3n) is 3.82. The highest BCUT2D eigenvalue weighted by Crippen LogP contribution is 2.32. The minimum absolute atomic E-state index is 0.0454. The third-order valence-corrected chi connectivity index (χ3v) is 3.82. The van der Waals surface area contributed by atoms with E-state index in [1.165, 1.54) is 4.90 Å². The second kappa shape index (κ2) is 8.31. The van der Waals surface area contributed by atoms with Gasteiger partial charge in [-0.05, 0) is 18.3 Å². The Labute approximate surface area is 124 Å². The number of hydrogen-bond acceptors (Lipinski definition) is 4. The van der Waals surface area contributed by atoms with Crippen LogP contribution in [-0.4, -0.2) is 68.2 Å². The lowest BCUT2D eigenvalue weighted by atomic mass is 9.79. The zero-order chi connectivity index (χ0) is 15.9. The van der Waals surface area contributed by atoms with E-state index < -0.39 is 12.7 Å². The van der Waals surface area contributed by atoms with Gasteiger partial charge in [0.25, 0.3) is 0 Å². The second-order valence-electron chi connectivity index (χ2n) is 6.20. The molecule has 4 nitrogen and oxygen atoms in total. The summed E-state index contributed by atoms with van der Waals surface area (Å²) in [5.41, 5.74) is -0.219. The third kappa shape index (κ3) is 7.44. The molecule has 0 bridgehead atoms. The largest absolute Gasteiger partial charge is 0.401 e. The van der Waals surface area contributed by atoms with Crippen molar-refractivity contribution in [1.82, 2.24) is 10.2 Å². The highest BCUT2D eigenvalue weighted by Gasteiger charge is 2.38. The molecule has 0 aliphatic carbocycles. The summed E-state index contributed by atoms with van der Waals surface area (Å²) in [4.78, 5) is 1.31. The van der Waals surface area contributed by atoms with Crippen LogP contribution in [0.5, 0.6) is 0 Å². The first kappa shape index (κ1) is 18.7. The molecule has 0 spiro atoms. The summed E-state index contributed by atoms with van der Waals surface area (Å²) in [5, 5.41) is 12.4.